The third-order valence-electron chi connectivity index (χ3n) is 2.76. The number of nitrogens with zero attached hydrogens (tertiary/aromatic N) is 2. The Morgan fingerprint density at radius 3 is 2.57 bits per heavy atom. The predicted octanol–water partition coefficient (Wildman–Crippen LogP) is 2.69. The van der Waals surface area contributed by atoms with E-state index in [1.54, 1.807) is 13.0 Å². The summed E-state index contributed by atoms with van der Waals surface area (Å²) in [5.74, 6) is -0.127. The summed E-state index contributed by atoms with van der Waals surface area (Å²) in [7, 11) is -3.71. The lowest BCUT2D eigenvalue weighted by Gasteiger charge is -2.18. The first-order valence-corrected chi connectivity index (χ1v) is 8.93. The SMILES string of the molecule is Cc1cc(N(CC(=O)Nc2ccc(Cl)cc2Cl)S(C)(=O)=O)no1. The Kier molecular flexibility index (Phi) is 5.18. The standard InChI is InChI=1S/C13H13Cl2N3O4S/c1-8-5-12(17-22-8)18(23(2,20)21)7-13(19)16-11-4-3-9(14)6-10(11)15/h3-6H,7H2,1-2H3,(H,16,19). The molecule has 124 valence electrons. The summed E-state index contributed by atoms with van der Waals surface area (Å²) in [6, 6.07) is 5.96. The van der Waals surface area contributed by atoms with E-state index in [2.05, 4.69) is 10.5 Å². The number of hydrogen-bond acceptors (Lipinski definition) is 5. The van der Waals surface area contributed by atoms with Crippen molar-refractivity contribution in [3.8, 4) is 0 Å². The number of carbonyl (C=O) groups excluding carboxylic acids is 1. The molecule has 2 rings (SSSR count). The fourth-order valence-corrected chi connectivity index (χ4v) is 2.98. The molecule has 23 heavy (non-hydrogen) atoms. The van der Waals surface area contributed by atoms with Crippen LogP contribution >= 0.6 is 23.2 Å². The van der Waals surface area contributed by atoms with Gasteiger partial charge < -0.3 is 9.84 Å². The highest BCUT2D eigenvalue weighted by Crippen LogP contribution is 2.25. The van der Waals surface area contributed by atoms with Crippen LogP contribution in [0.2, 0.25) is 10.0 Å². The van der Waals surface area contributed by atoms with E-state index in [4.69, 9.17) is 27.7 Å². The van der Waals surface area contributed by atoms with E-state index in [9.17, 15) is 13.2 Å². The molecule has 1 aromatic heterocycles. The van der Waals surface area contributed by atoms with E-state index in [0.29, 0.717) is 16.5 Å². The van der Waals surface area contributed by atoms with E-state index >= 15 is 0 Å². The molecule has 0 bridgehead atoms. The lowest BCUT2D eigenvalue weighted by atomic mass is 10.3. The number of aromatic nitrogens is 1. The first kappa shape index (κ1) is 17.6. The molecule has 1 heterocycles. The van der Waals surface area contributed by atoms with Crippen molar-refractivity contribution in [2.24, 2.45) is 0 Å². The van der Waals surface area contributed by atoms with Crippen LogP contribution in [0.25, 0.3) is 0 Å². The number of halogens is 2. The zero-order chi connectivity index (χ0) is 17.2. The Bertz CT molecular complexity index is 835. The monoisotopic (exact) mass is 377 g/mol. The second kappa shape index (κ2) is 6.77. The van der Waals surface area contributed by atoms with Crippen molar-refractivity contribution in [3.05, 3.63) is 40.1 Å². The second-order valence-electron chi connectivity index (χ2n) is 4.74. The van der Waals surface area contributed by atoms with Gasteiger partial charge in [0.15, 0.2) is 5.82 Å². The summed E-state index contributed by atoms with van der Waals surface area (Å²) in [6.07, 6.45) is 0.972. The van der Waals surface area contributed by atoms with Crippen LogP contribution in [0.15, 0.2) is 28.8 Å². The largest absolute Gasteiger partial charge is 0.360 e. The van der Waals surface area contributed by atoms with Crippen LogP contribution in [-0.4, -0.2) is 32.3 Å². The van der Waals surface area contributed by atoms with E-state index in [1.807, 2.05) is 0 Å². The van der Waals surface area contributed by atoms with Crippen LogP contribution in [0, 0.1) is 6.92 Å². The zero-order valence-corrected chi connectivity index (χ0v) is 14.5. The Morgan fingerprint density at radius 2 is 2.04 bits per heavy atom. The van der Waals surface area contributed by atoms with Gasteiger partial charge >= 0.3 is 0 Å². The van der Waals surface area contributed by atoms with Gasteiger partial charge in [-0.1, -0.05) is 28.4 Å². The van der Waals surface area contributed by atoms with Gasteiger partial charge in [0.2, 0.25) is 15.9 Å². The quantitative estimate of drug-likeness (QED) is 0.864. The molecule has 0 atom stereocenters. The highest BCUT2D eigenvalue weighted by atomic mass is 35.5. The van der Waals surface area contributed by atoms with Crippen molar-refractivity contribution in [1.82, 2.24) is 5.16 Å². The van der Waals surface area contributed by atoms with E-state index in [0.717, 1.165) is 10.6 Å². The van der Waals surface area contributed by atoms with Crippen molar-refractivity contribution >= 4 is 50.6 Å². The normalized spacial score (nSPS) is 11.3. The smallest absolute Gasteiger partial charge is 0.245 e. The third kappa shape index (κ3) is 4.60. The minimum absolute atomic E-state index is 0.0300. The van der Waals surface area contributed by atoms with Crippen LogP contribution in [0.5, 0.6) is 0 Å². The molecular weight excluding hydrogens is 365 g/mol. The first-order valence-electron chi connectivity index (χ1n) is 6.33. The molecule has 1 N–H and O–H groups in total. The number of rotatable bonds is 5. The average Bonchev–Trinajstić information content (AvgIpc) is 2.84. The highest BCUT2D eigenvalue weighted by Gasteiger charge is 2.24. The molecule has 0 aliphatic heterocycles. The molecule has 1 amide bonds. The van der Waals surface area contributed by atoms with Gasteiger partial charge in [0.25, 0.3) is 0 Å². The molecule has 0 radical (unpaired) electrons. The second-order valence-corrected chi connectivity index (χ2v) is 7.49. The minimum Gasteiger partial charge on any atom is -0.360 e. The van der Waals surface area contributed by atoms with Gasteiger partial charge in [-0.05, 0) is 25.1 Å². The number of amides is 1. The van der Waals surface area contributed by atoms with Crippen molar-refractivity contribution in [3.63, 3.8) is 0 Å². The Morgan fingerprint density at radius 1 is 1.35 bits per heavy atom. The van der Waals surface area contributed by atoms with Gasteiger partial charge in [0.05, 0.1) is 17.0 Å². The van der Waals surface area contributed by atoms with Crippen molar-refractivity contribution < 1.29 is 17.7 Å². The Hall–Kier alpha value is -1.77. The Balaban J connectivity index is 2.18. The summed E-state index contributed by atoms with van der Waals surface area (Å²) < 4.78 is 29.4. The first-order chi connectivity index (χ1) is 10.7. The number of anilines is 2. The maximum atomic E-state index is 12.1. The number of sulfonamides is 1. The topological polar surface area (TPSA) is 92.5 Å². The van der Waals surface area contributed by atoms with Crippen LogP contribution in [0.3, 0.4) is 0 Å². The van der Waals surface area contributed by atoms with Crippen molar-refractivity contribution in [1.29, 1.82) is 0 Å². The molecule has 0 saturated heterocycles. The summed E-state index contributed by atoms with van der Waals surface area (Å²) in [4.78, 5) is 12.1. The molecule has 0 unspecified atom stereocenters. The predicted molar refractivity (Wildman–Crippen MR) is 88.5 cm³/mol. The molecule has 7 nitrogen and oxygen atoms in total. The van der Waals surface area contributed by atoms with Crippen molar-refractivity contribution in [2.45, 2.75) is 6.92 Å². The Labute approximate surface area is 143 Å². The summed E-state index contributed by atoms with van der Waals surface area (Å²) in [6.45, 7) is 1.15. The fourth-order valence-electron chi connectivity index (χ4n) is 1.75. The molecule has 0 aliphatic carbocycles. The number of hydrogen-bond donors (Lipinski definition) is 1. The van der Waals surface area contributed by atoms with E-state index < -0.39 is 22.5 Å². The van der Waals surface area contributed by atoms with Crippen LogP contribution in [0.4, 0.5) is 11.5 Å². The highest BCUT2D eigenvalue weighted by molar-refractivity contribution is 7.92. The van der Waals surface area contributed by atoms with Crippen molar-refractivity contribution in [2.75, 3.05) is 22.4 Å². The summed E-state index contributed by atoms with van der Waals surface area (Å²) >= 11 is 11.7. The number of aryl methyl sites for hydroxylation is 1. The van der Waals surface area contributed by atoms with Crippen LogP contribution in [0.1, 0.15) is 5.76 Å². The maximum Gasteiger partial charge on any atom is 0.245 e. The summed E-state index contributed by atoms with van der Waals surface area (Å²) in [5.41, 5.74) is 0.325. The lowest BCUT2D eigenvalue weighted by molar-refractivity contribution is -0.114. The molecule has 0 saturated carbocycles. The summed E-state index contributed by atoms with van der Waals surface area (Å²) in [5, 5.41) is 6.81. The number of nitrogens with one attached hydrogen (secondary N) is 1. The lowest BCUT2D eigenvalue weighted by Crippen LogP contribution is -2.37. The molecule has 2 aromatic rings. The maximum absolute atomic E-state index is 12.1. The number of benzene rings is 1. The van der Waals surface area contributed by atoms with Gasteiger partial charge in [-0.15, -0.1) is 0 Å². The van der Waals surface area contributed by atoms with Gasteiger partial charge in [-0.2, -0.15) is 0 Å². The van der Waals surface area contributed by atoms with Gasteiger partial charge in [0.1, 0.15) is 12.3 Å². The molecule has 10 heteroatoms. The van der Waals surface area contributed by atoms with E-state index in [1.165, 1.54) is 18.2 Å². The minimum atomic E-state index is -3.71. The molecule has 0 aliphatic rings. The van der Waals surface area contributed by atoms with Gasteiger partial charge in [-0.25, -0.2) is 12.7 Å². The molecular formula is C13H13Cl2N3O4S. The zero-order valence-electron chi connectivity index (χ0n) is 12.2. The van der Waals surface area contributed by atoms with E-state index in [-0.39, 0.29) is 10.8 Å². The van der Waals surface area contributed by atoms with Crippen LogP contribution in [-0.2, 0) is 14.8 Å². The number of carbonyl (C=O) groups is 1. The molecule has 1 aromatic carbocycles. The van der Waals surface area contributed by atoms with Gasteiger partial charge in [-0.3, -0.25) is 4.79 Å². The fraction of sp³-hybridized carbons (Fsp3) is 0.231. The molecule has 0 fully saturated rings. The van der Waals surface area contributed by atoms with Crippen LogP contribution < -0.4 is 9.62 Å². The average molecular weight is 378 g/mol. The molecule has 0 spiro atoms. The third-order valence-corrected chi connectivity index (χ3v) is 4.43. The van der Waals surface area contributed by atoms with Gasteiger partial charge in [0, 0.05) is 11.1 Å².